The van der Waals surface area contributed by atoms with Gasteiger partial charge < -0.3 is 11.1 Å². The molecule has 4 nitrogen and oxygen atoms in total. The lowest BCUT2D eigenvalue weighted by Gasteiger charge is -2.13. The number of nitrogens with zero attached hydrogens (tertiary/aromatic N) is 1. The van der Waals surface area contributed by atoms with Crippen molar-refractivity contribution in [3.8, 4) is 0 Å². The number of carbonyl (C=O) groups is 1. The van der Waals surface area contributed by atoms with Crippen LogP contribution in [0, 0.1) is 0 Å². The molecule has 0 radical (unpaired) electrons. The Kier molecular flexibility index (Phi) is 4.29. The fourth-order valence-electron chi connectivity index (χ4n) is 1.67. The van der Waals surface area contributed by atoms with Gasteiger partial charge >= 0.3 is 0 Å². The summed E-state index contributed by atoms with van der Waals surface area (Å²) in [6.07, 6.45) is -1.61. The molecule has 104 valence electrons. The second-order valence-electron chi connectivity index (χ2n) is 3.93. The average Bonchev–Trinajstić information content (AvgIpc) is 2.38. The van der Waals surface area contributed by atoms with Gasteiger partial charge in [-0.2, -0.15) is 0 Å². The van der Waals surface area contributed by atoms with E-state index in [-0.39, 0.29) is 16.8 Å². The molecule has 1 amide bonds. The van der Waals surface area contributed by atoms with E-state index >= 15 is 0 Å². The summed E-state index contributed by atoms with van der Waals surface area (Å²) in [7, 11) is 0. The number of alkyl halides is 2. The summed E-state index contributed by atoms with van der Waals surface area (Å²) in [5.41, 5.74) is 5.74. The number of amides is 1. The Bertz CT molecular complexity index is 649. The van der Waals surface area contributed by atoms with Gasteiger partial charge in [0.2, 0.25) is 0 Å². The number of halogens is 3. The minimum Gasteiger partial charge on any atom is -0.366 e. The van der Waals surface area contributed by atoms with Crippen LogP contribution >= 0.6 is 15.9 Å². The van der Waals surface area contributed by atoms with Crippen molar-refractivity contribution in [1.29, 1.82) is 0 Å². The number of hydrogen-bond acceptors (Lipinski definition) is 3. The van der Waals surface area contributed by atoms with Crippen molar-refractivity contribution < 1.29 is 13.6 Å². The van der Waals surface area contributed by atoms with Crippen LogP contribution < -0.4 is 11.1 Å². The lowest BCUT2D eigenvalue weighted by Crippen LogP contribution is -2.13. The lowest BCUT2D eigenvalue weighted by molar-refractivity contribution is 0.100. The molecule has 0 atom stereocenters. The minimum atomic E-state index is -2.68. The molecule has 0 fully saturated rings. The Morgan fingerprint density at radius 2 is 2.00 bits per heavy atom. The summed E-state index contributed by atoms with van der Waals surface area (Å²) in [6.45, 7) is 0. The molecular weight excluding hydrogens is 332 g/mol. The highest BCUT2D eigenvalue weighted by molar-refractivity contribution is 9.10. The van der Waals surface area contributed by atoms with E-state index in [0.29, 0.717) is 10.3 Å². The van der Waals surface area contributed by atoms with Gasteiger partial charge in [-0.25, -0.2) is 13.8 Å². The first-order valence-electron chi connectivity index (χ1n) is 5.58. The zero-order chi connectivity index (χ0) is 14.7. The van der Waals surface area contributed by atoms with E-state index in [1.165, 1.54) is 12.1 Å². The Hall–Kier alpha value is -2.02. The number of rotatable bonds is 4. The molecule has 2 rings (SSSR count). The van der Waals surface area contributed by atoms with E-state index in [0.717, 1.165) is 6.20 Å². The predicted octanol–water partition coefficient (Wildman–Crippen LogP) is 3.62. The normalized spacial score (nSPS) is 10.6. The van der Waals surface area contributed by atoms with E-state index in [1.54, 1.807) is 18.2 Å². The molecule has 7 heteroatoms. The van der Waals surface area contributed by atoms with Crippen LogP contribution in [0.3, 0.4) is 0 Å². The number of nitrogens with one attached hydrogen (secondary N) is 1. The maximum atomic E-state index is 12.9. The standard InChI is InChI=1S/C13H10BrF2N3O/c14-11-5-10(8(6-18-11)12(15)16)19-9-4-2-1-3-7(9)13(17)20/h1-6,12H,(H2,17,20)(H,18,19). The van der Waals surface area contributed by atoms with Crippen LogP contribution in [0.1, 0.15) is 22.3 Å². The van der Waals surface area contributed by atoms with Gasteiger partial charge in [-0.3, -0.25) is 4.79 Å². The van der Waals surface area contributed by atoms with Gasteiger partial charge in [0.05, 0.1) is 22.5 Å². The molecule has 0 unspecified atom stereocenters. The Morgan fingerprint density at radius 3 is 2.65 bits per heavy atom. The smallest absolute Gasteiger partial charge is 0.267 e. The Balaban J connectivity index is 2.45. The summed E-state index contributed by atoms with van der Waals surface area (Å²) in [5.74, 6) is -0.639. The topological polar surface area (TPSA) is 68.0 Å². The second kappa shape index (κ2) is 5.96. The van der Waals surface area contributed by atoms with Crippen molar-refractivity contribution in [2.45, 2.75) is 6.43 Å². The number of aromatic nitrogens is 1. The fourth-order valence-corrected chi connectivity index (χ4v) is 2.01. The van der Waals surface area contributed by atoms with Crippen LogP contribution in [0.4, 0.5) is 20.2 Å². The molecule has 1 aromatic heterocycles. The third-order valence-corrected chi connectivity index (χ3v) is 3.03. The molecule has 0 saturated carbocycles. The Morgan fingerprint density at radius 1 is 1.30 bits per heavy atom. The molecule has 0 spiro atoms. The van der Waals surface area contributed by atoms with E-state index in [4.69, 9.17) is 5.73 Å². The van der Waals surface area contributed by atoms with Crippen LogP contribution in [0.15, 0.2) is 41.1 Å². The number of pyridine rings is 1. The molecule has 1 aromatic carbocycles. The van der Waals surface area contributed by atoms with E-state index in [2.05, 4.69) is 26.2 Å². The highest BCUT2D eigenvalue weighted by atomic mass is 79.9. The van der Waals surface area contributed by atoms with Crippen molar-refractivity contribution in [3.05, 3.63) is 52.3 Å². The molecule has 2 aromatic rings. The molecule has 0 aliphatic heterocycles. The van der Waals surface area contributed by atoms with E-state index in [9.17, 15) is 13.6 Å². The number of nitrogens with two attached hydrogens (primary N) is 1. The zero-order valence-electron chi connectivity index (χ0n) is 10.1. The first kappa shape index (κ1) is 14.4. The van der Waals surface area contributed by atoms with Crippen molar-refractivity contribution >= 4 is 33.2 Å². The second-order valence-corrected chi connectivity index (χ2v) is 4.74. The zero-order valence-corrected chi connectivity index (χ0v) is 11.7. The molecule has 3 N–H and O–H groups in total. The summed E-state index contributed by atoms with van der Waals surface area (Å²) in [6, 6.07) is 7.83. The van der Waals surface area contributed by atoms with Gasteiger partial charge in [-0.05, 0) is 34.1 Å². The molecule has 0 aliphatic carbocycles. The summed E-state index contributed by atoms with van der Waals surface area (Å²) >= 11 is 3.12. The largest absolute Gasteiger partial charge is 0.366 e. The van der Waals surface area contributed by atoms with Crippen LogP contribution in [-0.2, 0) is 0 Å². The number of carbonyl (C=O) groups excluding carboxylic acids is 1. The van der Waals surface area contributed by atoms with Crippen molar-refractivity contribution in [3.63, 3.8) is 0 Å². The monoisotopic (exact) mass is 341 g/mol. The van der Waals surface area contributed by atoms with E-state index in [1.807, 2.05) is 0 Å². The third-order valence-electron chi connectivity index (χ3n) is 2.60. The number of primary amides is 1. The average molecular weight is 342 g/mol. The maximum absolute atomic E-state index is 12.9. The van der Waals surface area contributed by atoms with Gasteiger partial charge in [0.1, 0.15) is 4.60 Å². The van der Waals surface area contributed by atoms with E-state index < -0.39 is 12.3 Å². The molecule has 0 aliphatic rings. The number of hydrogen-bond donors (Lipinski definition) is 2. The molecular formula is C13H10BrF2N3O. The summed E-state index contributed by atoms with van der Waals surface area (Å²) in [5, 5.41) is 2.79. The van der Waals surface area contributed by atoms with Crippen LogP contribution in [0.5, 0.6) is 0 Å². The first-order chi connectivity index (χ1) is 9.49. The van der Waals surface area contributed by atoms with Gasteiger partial charge in [0, 0.05) is 6.20 Å². The first-order valence-corrected chi connectivity index (χ1v) is 6.38. The molecule has 0 saturated heterocycles. The van der Waals surface area contributed by atoms with Crippen LogP contribution in [0.25, 0.3) is 0 Å². The highest BCUT2D eigenvalue weighted by Crippen LogP contribution is 2.31. The van der Waals surface area contributed by atoms with Gasteiger partial charge in [0.25, 0.3) is 12.3 Å². The summed E-state index contributed by atoms with van der Waals surface area (Å²) in [4.78, 5) is 15.1. The molecule has 1 heterocycles. The minimum absolute atomic E-state index is 0.163. The number of para-hydroxylation sites is 1. The van der Waals surface area contributed by atoms with Crippen molar-refractivity contribution in [1.82, 2.24) is 4.98 Å². The van der Waals surface area contributed by atoms with Crippen LogP contribution in [-0.4, -0.2) is 10.9 Å². The number of anilines is 2. The van der Waals surface area contributed by atoms with Crippen LogP contribution in [0.2, 0.25) is 0 Å². The van der Waals surface area contributed by atoms with Gasteiger partial charge in [-0.15, -0.1) is 0 Å². The van der Waals surface area contributed by atoms with Gasteiger partial charge in [-0.1, -0.05) is 12.1 Å². The SMILES string of the molecule is NC(=O)c1ccccc1Nc1cc(Br)ncc1C(F)F. The van der Waals surface area contributed by atoms with Crippen molar-refractivity contribution in [2.24, 2.45) is 5.73 Å². The number of benzene rings is 1. The maximum Gasteiger partial charge on any atom is 0.267 e. The highest BCUT2D eigenvalue weighted by Gasteiger charge is 2.16. The van der Waals surface area contributed by atoms with Crippen molar-refractivity contribution in [2.75, 3.05) is 5.32 Å². The van der Waals surface area contributed by atoms with Gasteiger partial charge in [0.15, 0.2) is 0 Å². The molecule has 20 heavy (non-hydrogen) atoms. The Labute approximate surface area is 122 Å². The third kappa shape index (κ3) is 3.11. The fraction of sp³-hybridized carbons (Fsp3) is 0.0769. The summed E-state index contributed by atoms with van der Waals surface area (Å²) < 4.78 is 26.3. The predicted molar refractivity (Wildman–Crippen MR) is 75.1 cm³/mol. The lowest BCUT2D eigenvalue weighted by atomic mass is 10.1. The molecule has 0 bridgehead atoms. The quantitative estimate of drug-likeness (QED) is 0.834.